The molecule has 1 N–H and O–H groups in total. The number of hydrogen-bond donors (Lipinski definition) is 1. The molecule has 4 heteroatoms. The number of piperidine rings is 1. The predicted octanol–water partition coefficient (Wildman–Crippen LogP) is 5.62. The minimum atomic E-state index is -0.643. The zero-order valence-electron chi connectivity index (χ0n) is 21.0. The molecular formula is C31H38N2O2. The maximum Gasteiger partial charge on any atom is 0.123 e. The summed E-state index contributed by atoms with van der Waals surface area (Å²) in [5, 5.41) is 11.7. The second kappa shape index (κ2) is 10.9. The average Bonchev–Trinajstić information content (AvgIpc) is 3.12. The van der Waals surface area contributed by atoms with Crippen LogP contribution in [0.15, 0.2) is 78.9 Å². The van der Waals surface area contributed by atoms with Crippen molar-refractivity contribution in [3.63, 3.8) is 0 Å². The minimum Gasteiger partial charge on any atom is -0.492 e. The van der Waals surface area contributed by atoms with Crippen LogP contribution in [-0.2, 0) is 6.54 Å². The number of aliphatic hydroxyl groups is 1. The Hall–Kier alpha value is -2.66. The van der Waals surface area contributed by atoms with Gasteiger partial charge >= 0.3 is 0 Å². The normalized spacial score (nSPS) is 18.8. The van der Waals surface area contributed by atoms with Crippen molar-refractivity contribution in [3.05, 3.63) is 101 Å². The molecule has 0 aliphatic carbocycles. The fraction of sp³-hybridized carbons (Fsp3) is 0.419. The first kappa shape index (κ1) is 24.1. The molecule has 2 aliphatic heterocycles. The smallest absolute Gasteiger partial charge is 0.123 e. The Bertz CT molecular complexity index is 1040. The fourth-order valence-corrected chi connectivity index (χ4v) is 5.77. The van der Waals surface area contributed by atoms with Crippen LogP contribution in [0.3, 0.4) is 0 Å². The lowest BCUT2D eigenvalue weighted by Gasteiger charge is -2.39. The van der Waals surface area contributed by atoms with E-state index < -0.39 is 6.10 Å². The van der Waals surface area contributed by atoms with Crippen molar-refractivity contribution >= 4 is 0 Å². The first-order valence-electron chi connectivity index (χ1n) is 13.1. The molecule has 2 aliphatic rings. The molecule has 3 aromatic carbocycles. The van der Waals surface area contributed by atoms with Crippen molar-refractivity contribution < 1.29 is 9.84 Å². The number of hydrogen-bond acceptors (Lipinski definition) is 4. The molecule has 5 rings (SSSR count). The molecule has 1 unspecified atom stereocenters. The maximum atomic E-state index is 11.7. The summed E-state index contributed by atoms with van der Waals surface area (Å²) in [5.74, 6) is 0.831. The third-order valence-corrected chi connectivity index (χ3v) is 7.81. The molecule has 4 nitrogen and oxygen atoms in total. The lowest BCUT2D eigenvalue weighted by atomic mass is 9.83. The molecule has 184 valence electrons. The highest BCUT2D eigenvalue weighted by Gasteiger charge is 2.29. The van der Waals surface area contributed by atoms with Gasteiger partial charge in [-0.05, 0) is 68.6 Å². The van der Waals surface area contributed by atoms with Crippen LogP contribution in [0.1, 0.15) is 61.0 Å². The average molecular weight is 471 g/mol. The number of likely N-dealkylation sites (tertiary alicyclic amines) is 1. The summed E-state index contributed by atoms with van der Waals surface area (Å²) in [5.41, 5.74) is 4.37. The lowest BCUT2D eigenvalue weighted by molar-refractivity contribution is 0.0832. The van der Waals surface area contributed by atoms with Crippen LogP contribution in [0.5, 0.6) is 5.75 Å². The van der Waals surface area contributed by atoms with Crippen LogP contribution in [0, 0.1) is 0 Å². The van der Waals surface area contributed by atoms with E-state index in [-0.39, 0.29) is 5.92 Å². The lowest BCUT2D eigenvalue weighted by Crippen LogP contribution is -2.47. The van der Waals surface area contributed by atoms with Crippen LogP contribution in [0.25, 0.3) is 0 Å². The summed E-state index contributed by atoms with van der Waals surface area (Å²) in [6.07, 6.45) is 1.77. The maximum absolute atomic E-state index is 11.7. The van der Waals surface area contributed by atoms with Gasteiger partial charge in [0, 0.05) is 36.7 Å². The highest BCUT2D eigenvalue weighted by atomic mass is 16.5. The van der Waals surface area contributed by atoms with E-state index in [1.807, 2.05) is 42.5 Å². The molecule has 1 fully saturated rings. The molecule has 0 bridgehead atoms. The number of aliphatic hydroxyl groups excluding tert-OH is 1. The van der Waals surface area contributed by atoms with E-state index in [2.05, 4.69) is 60.0 Å². The highest BCUT2D eigenvalue weighted by Crippen LogP contribution is 2.38. The summed E-state index contributed by atoms with van der Waals surface area (Å²) in [7, 11) is 0. The Kier molecular flexibility index (Phi) is 7.52. The van der Waals surface area contributed by atoms with Crippen LogP contribution >= 0.6 is 0 Å². The monoisotopic (exact) mass is 470 g/mol. The van der Waals surface area contributed by atoms with Gasteiger partial charge in [-0.1, -0.05) is 66.7 Å². The Morgan fingerprint density at radius 3 is 2.03 bits per heavy atom. The van der Waals surface area contributed by atoms with Crippen LogP contribution in [0.2, 0.25) is 0 Å². The Balaban J connectivity index is 1.39. The second-order valence-corrected chi connectivity index (χ2v) is 10.3. The van der Waals surface area contributed by atoms with E-state index >= 15 is 0 Å². The van der Waals surface area contributed by atoms with E-state index in [1.54, 1.807) is 0 Å². The van der Waals surface area contributed by atoms with Crippen molar-refractivity contribution in [1.82, 2.24) is 9.80 Å². The Labute approximate surface area is 210 Å². The van der Waals surface area contributed by atoms with Gasteiger partial charge in [0.15, 0.2) is 0 Å². The van der Waals surface area contributed by atoms with Gasteiger partial charge in [0.05, 0.1) is 6.10 Å². The van der Waals surface area contributed by atoms with Gasteiger partial charge in [-0.3, -0.25) is 4.90 Å². The first-order valence-corrected chi connectivity index (χ1v) is 13.1. The number of nitrogens with zero attached hydrogens (tertiary/aromatic N) is 2. The molecule has 1 atom stereocenters. The van der Waals surface area contributed by atoms with Gasteiger partial charge in [-0.2, -0.15) is 0 Å². The van der Waals surface area contributed by atoms with E-state index in [0.717, 1.165) is 42.1 Å². The van der Waals surface area contributed by atoms with Gasteiger partial charge in [-0.15, -0.1) is 0 Å². The van der Waals surface area contributed by atoms with Gasteiger partial charge < -0.3 is 14.7 Å². The zero-order chi connectivity index (χ0) is 24.2. The van der Waals surface area contributed by atoms with Crippen molar-refractivity contribution in [3.8, 4) is 5.75 Å². The topological polar surface area (TPSA) is 35.9 Å². The van der Waals surface area contributed by atoms with Crippen molar-refractivity contribution in [2.45, 2.75) is 57.3 Å². The SMILES string of the molecule is CC(C)N1CCC(N2CCOc3ccc(C(O)C(c4ccccc4)c4ccccc4)cc3C2)CC1. The number of ether oxygens (including phenoxy) is 1. The second-order valence-electron chi connectivity index (χ2n) is 10.3. The zero-order valence-corrected chi connectivity index (χ0v) is 21.0. The summed E-state index contributed by atoms with van der Waals surface area (Å²) in [6.45, 7) is 9.47. The van der Waals surface area contributed by atoms with Gasteiger partial charge in [-0.25, -0.2) is 0 Å². The standard InChI is InChI=1S/C31H38N2O2/c1-23(2)32-17-15-28(16-18-32)33-19-20-35-29-14-13-26(21-27(29)22-33)31(34)30(24-9-5-3-6-10-24)25-11-7-4-8-12-25/h3-14,21,23,28,30-31,34H,15-20,22H2,1-2H3. The van der Waals surface area contributed by atoms with E-state index in [1.165, 1.54) is 31.5 Å². The number of fused-ring (bicyclic) bond motifs is 1. The molecule has 0 radical (unpaired) electrons. The first-order chi connectivity index (χ1) is 17.1. The van der Waals surface area contributed by atoms with Crippen LogP contribution in [-0.4, -0.2) is 53.2 Å². The number of benzene rings is 3. The molecule has 2 heterocycles. The van der Waals surface area contributed by atoms with Crippen molar-refractivity contribution in [2.24, 2.45) is 0 Å². The van der Waals surface area contributed by atoms with Gasteiger partial charge in [0.2, 0.25) is 0 Å². The highest BCUT2D eigenvalue weighted by molar-refractivity contribution is 5.42. The Morgan fingerprint density at radius 1 is 0.800 bits per heavy atom. The van der Waals surface area contributed by atoms with E-state index in [9.17, 15) is 5.11 Å². The fourth-order valence-electron chi connectivity index (χ4n) is 5.77. The largest absolute Gasteiger partial charge is 0.492 e. The summed E-state index contributed by atoms with van der Waals surface area (Å²) in [4.78, 5) is 5.19. The predicted molar refractivity (Wildman–Crippen MR) is 142 cm³/mol. The molecule has 0 spiro atoms. The molecule has 0 saturated carbocycles. The molecule has 1 saturated heterocycles. The molecule has 35 heavy (non-hydrogen) atoms. The minimum absolute atomic E-state index is 0.126. The van der Waals surface area contributed by atoms with Gasteiger partial charge in [0.25, 0.3) is 0 Å². The third-order valence-electron chi connectivity index (χ3n) is 7.81. The van der Waals surface area contributed by atoms with Crippen LogP contribution in [0.4, 0.5) is 0 Å². The van der Waals surface area contributed by atoms with E-state index in [4.69, 9.17) is 4.74 Å². The number of rotatable bonds is 6. The van der Waals surface area contributed by atoms with Crippen molar-refractivity contribution in [2.75, 3.05) is 26.2 Å². The third kappa shape index (κ3) is 5.45. The quantitative estimate of drug-likeness (QED) is 0.507. The van der Waals surface area contributed by atoms with Crippen molar-refractivity contribution in [1.29, 1.82) is 0 Å². The molecule has 0 amide bonds. The molecule has 0 aromatic heterocycles. The summed E-state index contributed by atoms with van der Waals surface area (Å²) >= 11 is 0. The molecular weight excluding hydrogens is 432 g/mol. The molecule has 3 aromatic rings. The van der Waals surface area contributed by atoms with Crippen LogP contribution < -0.4 is 4.74 Å². The summed E-state index contributed by atoms with van der Waals surface area (Å²) < 4.78 is 6.16. The van der Waals surface area contributed by atoms with E-state index in [0.29, 0.717) is 12.1 Å². The summed E-state index contributed by atoms with van der Waals surface area (Å²) in [6, 6.07) is 28.2. The van der Waals surface area contributed by atoms with Gasteiger partial charge in [0.1, 0.15) is 12.4 Å². The Morgan fingerprint density at radius 2 is 1.43 bits per heavy atom.